The van der Waals surface area contributed by atoms with Gasteiger partial charge in [-0.3, -0.25) is 19.7 Å². The quantitative estimate of drug-likeness (QED) is 0.708. The van der Waals surface area contributed by atoms with Crippen LogP contribution in [0.2, 0.25) is 4.34 Å². The van der Waals surface area contributed by atoms with Crippen molar-refractivity contribution in [3.8, 4) is 0 Å². The Kier molecular flexibility index (Phi) is 4.74. The van der Waals surface area contributed by atoms with E-state index in [9.17, 15) is 22.8 Å². The van der Waals surface area contributed by atoms with E-state index in [0.29, 0.717) is 22.9 Å². The highest BCUT2D eigenvalue weighted by atomic mass is 35.5. The summed E-state index contributed by atoms with van der Waals surface area (Å²) in [6, 6.07) is 6.41. The van der Waals surface area contributed by atoms with Gasteiger partial charge in [-0.1, -0.05) is 11.6 Å². The third kappa shape index (κ3) is 3.22. The zero-order valence-electron chi connectivity index (χ0n) is 14.3. The van der Waals surface area contributed by atoms with Crippen molar-refractivity contribution < 1.29 is 22.8 Å². The maximum atomic E-state index is 12.9. The number of sulfonamides is 1. The van der Waals surface area contributed by atoms with Gasteiger partial charge in [-0.2, -0.15) is 4.31 Å². The maximum Gasteiger partial charge on any atom is 0.259 e. The van der Waals surface area contributed by atoms with Gasteiger partial charge in [0.15, 0.2) is 0 Å². The Morgan fingerprint density at radius 1 is 1.18 bits per heavy atom. The Hall–Kier alpha value is -2.27. The fourth-order valence-electron chi connectivity index (χ4n) is 3.31. The molecule has 0 radical (unpaired) electrons. The number of halogens is 1. The van der Waals surface area contributed by atoms with Gasteiger partial charge in [-0.25, -0.2) is 8.42 Å². The lowest BCUT2D eigenvalue weighted by Crippen LogP contribution is -2.42. The molecule has 146 valence electrons. The van der Waals surface area contributed by atoms with Crippen LogP contribution in [0.4, 0.5) is 5.69 Å². The molecule has 0 spiro atoms. The number of imide groups is 1. The molecule has 3 heterocycles. The van der Waals surface area contributed by atoms with Crippen molar-refractivity contribution in [3.63, 3.8) is 0 Å². The number of anilines is 1. The van der Waals surface area contributed by atoms with Crippen LogP contribution >= 0.6 is 22.9 Å². The molecule has 4 rings (SSSR count). The summed E-state index contributed by atoms with van der Waals surface area (Å²) >= 11 is 6.79. The number of carbonyl (C=O) groups is 3. The van der Waals surface area contributed by atoms with Crippen LogP contribution < -0.4 is 10.6 Å². The minimum atomic E-state index is -3.83. The summed E-state index contributed by atoms with van der Waals surface area (Å²) < 4.78 is 27.3. The molecule has 0 bridgehead atoms. The van der Waals surface area contributed by atoms with Crippen LogP contribution in [-0.2, 0) is 14.8 Å². The van der Waals surface area contributed by atoms with Gasteiger partial charge in [0.1, 0.15) is 10.3 Å². The summed E-state index contributed by atoms with van der Waals surface area (Å²) in [4.78, 5) is 36.1. The Bertz CT molecular complexity index is 1110. The molecule has 1 aromatic carbocycles. The van der Waals surface area contributed by atoms with Crippen LogP contribution in [0.15, 0.2) is 34.5 Å². The number of nitrogens with one attached hydrogen (secondary N) is 2. The zero-order chi connectivity index (χ0) is 20.1. The average Bonchev–Trinajstić information content (AvgIpc) is 3.35. The lowest BCUT2D eigenvalue weighted by molar-refractivity contribution is -0.119. The highest BCUT2D eigenvalue weighted by Gasteiger charge is 2.40. The molecule has 3 amide bonds. The number of hydrogen-bond donors (Lipinski definition) is 2. The fourth-order valence-corrected chi connectivity index (χ4v) is 6.58. The first-order valence-electron chi connectivity index (χ1n) is 8.35. The van der Waals surface area contributed by atoms with E-state index in [1.54, 1.807) is 0 Å². The summed E-state index contributed by atoms with van der Waals surface area (Å²) in [5.74, 6) is -1.51. The van der Waals surface area contributed by atoms with Gasteiger partial charge in [0.05, 0.1) is 15.5 Å². The average molecular weight is 440 g/mol. The molecule has 1 atom stereocenters. The van der Waals surface area contributed by atoms with Crippen LogP contribution in [0, 0.1) is 0 Å². The van der Waals surface area contributed by atoms with Gasteiger partial charge in [0.25, 0.3) is 21.8 Å². The second-order valence-corrected chi connectivity index (χ2v) is 10.2. The van der Waals surface area contributed by atoms with Gasteiger partial charge in [-0.05, 0) is 43.2 Å². The Balaban J connectivity index is 1.56. The first-order chi connectivity index (χ1) is 13.3. The molecule has 8 nitrogen and oxygen atoms in total. The van der Waals surface area contributed by atoms with Crippen molar-refractivity contribution >= 4 is 56.4 Å². The lowest BCUT2D eigenvalue weighted by Gasteiger charge is -2.22. The monoisotopic (exact) mass is 439 g/mol. The van der Waals surface area contributed by atoms with Crippen molar-refractivity contribution in [1.29, 1.82) is 0 Å². The normalized spacial score (nSPS) is 19.5. The van der Waals surface area contributed by atoms with Gasteiger partial charge >= 0.3 is 0 Å². The molecule has 1 fully saturated rings. The third-order valence-corrected chi connectivity index (χ3v) is 8.23. The molecule has 11 heteroatoms. The predicted molar refractivity (Wildman–Crippen MR) is 103 cm³/mol. The predicted octanol–water partition coefficient (Wildman–Crippen LogP) is 2.08. The second-order valence-electron chi connectivity index (χ2n) is 6.37. The van der Waals surface area contributed by atoms with Crippen molar-refractivity contribution in [2.24, 2.45) is 0 Å². The van der Waals surface area contributed by atoms with Gasteiger partial charge in [-0.15, -0.1) is 11.3 Å². The molecule has 1 saturated heterocycles. The van der Waals surface area contributed by atoms with Crippen LogP contribution in [0.3, 0.4) is 0 Å². The topological polar surface area (TPSA) is 113 Å². The highest BCUT2D eigenvalue weighted by Crippen LogP contribution is 2.32. The molecule has 28 heavy (non-hydrogen) atoms. The van der Waals surface area contributed by atoms with Crippen molar-refractivity contribution in [2.75, 3.05) is 11.9 Å². The first-order valence-corrected chi connectivity index (χ1v) is 11.0. The van der Waals surface area contributed by atoms with E-state index >= 15 is 0 Å². The van der Waals surface area contributed by atoms with Crippen molar-refractivity contribution in [3.05, 3.63) is 45.8 Å². The number of hydrogen-bond acceptors (Lipinski definition) is 6. The van der Waals surface area contributed by atoms with Gasteiger partial charge in [0.2, 0.25) is 5.91 Å². The molecular formula is C17H14ClN3O5S2. The van der Waals surface area contributed by atoms with E-state index < -0.39 is 33.8 Å². The maximum absolute atomic E-state index is 12.9. The van der Waals surface area contributed by atoms with Crippen LogP contribution in [0.1, 0.15) is 33.6 Å². The number of rotatable bonds is 4. The standard InChI is InChI=1S/C17H14ClN3O5S2/c18-13-5-6-14(27-13)28(25,26)21-7-1-2-12(21)17(24)19-9-3-4-10-11(8-9)16(23)20-15(10)22/h3-6,8,12H,1-2,7H2,(H,19,24)(H,20,22,23). The molecule has 2 N–H and O–H groups in total. The van der Waals surface area contributed by atoms with Crippen molar-refractivity contribution in [1.82, 2.24) is 9.62 Å². The largest absolute Gasteiger partial charge is 0.325 e. The molecule has 2 aliphatic heterocycles. The number of benzene rings is 1. The number of fused-ring (bicyclic) bond motifs is 1. The smallest absolute Gasteiger partial charge is 0.259 e. The second kappa shape index (κ2) is 6.96. The zero-order valence-corrected chi connectivity index (χ0v) is 16.7. The van der Waals surface area contributed by atoms with E-state index in [4.69, 9.17) is 11.6 Å². The Labute approximate surface area is 169 Å². The summed E-state index contributed by atoms with van der Waals surface area (Å²) in [6.45, 7) is 0.233. The van der Waals surface area contributed by atoms with E-state index in [0.717, 1.165) is 11.3 Å². The molecule has 0 saturated carbocycles. The molecule has 0 aliphatic carbocycles. The number of nitrogens with zero attached hydrogens (tertiary/aromatic N) is 1. The summed E-state index contributed by atoms with van der Waals surface area (Å²) in [5, 5.41) is 4.83. The Morgan fingerprint density at radius 2 is 1.93 bits per heavy atom. The van der Waals surface area contributed by atoms with E-state index in [2.05, 4.69) is 10.6 Å². The van der Waals surface area contributed by atoms with Crippen molar-refractivity contribution in [2.45, 2.75) is 23.1 Å². The minimum Gasteiger partial charge on any atom is -0.325 e. The molecule has 1 aromatic heterocycles. The summed E-state index contributed by atoms with van der Waals surface area (Å²) in [7, 11) is -3.83. The highest BCUT2D eigenvalue weighted by molar-refractivity contribution is 7.91. The van der Waals surface area contributed by atoms with Crippen LogP contribution in [0.5, 0.6) is 0 Å². The van der Waals surface area contributed by atoms with Crippen LogP contribution in [0.25, 0.3) is 0 Å². The van der Waals surface area contributed by atoms with E-state index in [1.165, 1.54) is 34.6 Å². The number of carbonyl (C=O) groups excluding carboxylic acids is 3. The van der Waals surface area contributed by atoms with E-state index in [-0.39, 0.29) is 21.9 Å². The van der Waals surface area contributed by atoms with Gasteiger partial charge < -0.3 is 5.32 Å². The summed E-state index contributed by atoms with van der Waals surface area (Å²) in [5.41, 5.74) is 0.728. The van der Waals surface area contributed by atoms with Crippen LogP contribution in [-0.4, -0.2) is 43.0 Å². The number of amides is 3. The molecular weight excluding hydrogens is 426 g/mol. The first kappa shape index (κ1) is 19.1. The molecule has 2 aromatic rings. The number of thiophene rings is 1. The minimum absolute atomic E-state index is 0.0879. The molecule has 1 unspecified atom stereocenters. The fraction of sp³-hybridized carbons (Fsp3) is 0.235. The SMILES string of the molecule is O=C1NC(=O)c2cc(NC(=O)C3CCCN3S(=O)(=O)c3ccc(Cl)s3)ccc21. The van der Waals surface area contributed by atoms with E-state index in [1.807, 2.05) is 0 Å². The third-order valence-electron chi connectivity index (χ3n) is 4.62. The lowest BCUT2D eigenvalue weighted by atomic mass is 10.1. The molecule has 2 aliphatic rings. The summed E-state index contributed by atoms with van der Waals surface area (Å²) in [6.07, 6.45) is 0.936. The Morgan fingerprint density at radius 3 is 2.64 bits per heavy atom. The van der Waals surface area contributed by atoms with Gasteiger partial charge in [0, 0.05) is 12.2 Å².